The number of aromatic nitrogens is 3. The van der Waals surface area contributed by atoms with Gasteiger partial charge in [-0.25, -0.2) is 9.78 Å². The van der Waals surface area contributed by atoms with Gasteiger partial charge in [0.1, 0.15) is 42.3 Å². The Morgan fingerprint density at radius 3 is 2.75 bits per heavy atom. The number of esters is 1. The number of amides is 2. The van der Waals surface area contributed by atoms with Gasteiger partial charge >= 0.3 is 11.9 Å². The van der Waals surface area contributed by atoms with Gasteiger partial charge in [-0.2, -0.15) is 8.97 Å². The number of nitrogen functional groups attached to an aromatic ring is 1. The molecule has 0 aliphatic carbocycles. The molecule has 1 fully saturated rings. The number of rotatable bonds is 10. The second-order valence-electron chi connectivity index (χ2n) is 10.8. The van der Waals surface area contributed by atoms with Crippen LogP contribution in [0.15, 0.2) is 57.4 Å². The lowest BCUT2D eigenvalue weighted by Crippen LogP contribution is -2.71. The van der Waals surface area contributed by atoms with E-state index in [0.717, 1.165) is 22.0 Å². The van der Waals surface area contributed by atoms with Gasteiger partial charge in [0.05, 0.1) is 5.41 Å². The van der Waals surface area contributed by atoms with Crippen LogP contribution < -0.4 is 15.6 Å². The summed E-state index contributed by atoms with van der Waals surface area (Å²) in [6.07, 6.45) is 3.64. The number of oxime groups is 1. The number of nitrogens with zero attached hydrogens (tertiary/aromatic N) is 5. The molecule has 5 rings (SSSR count). The Morgan fingerprint density at radius 2 is 2.09 bits per heavy atom. The molecule has 2 aliphatic rings. The number of β-lactam (4-membered cyclic amide) rings is 1. The maximum atomic E-state index is 13.2. The molecule has 5 heterocycles. The number of fused-ring (bicyclic) bond motifs is 2. The van der Waals surface area contributed by atoms with E-state index in [4.69, 9.17) is 15.3 Å². The molecule has 2 amide bonds. The zero-order chi connectivity index (χ0) is 31.8. The summed E-state index contributed by atoms with van der Waals surface area (Å²) >= 11 is 3.91. The monoisotopic (exact) mass is 660 g/mol. The highest BCUT2D eigenvalue weighted by atomic mass is 32.2. The van der Waals surface area contributed by atoms with Crippen molar-refractivity contribution in [3.63, 3.8) is 0 Å². The highest BCUT2D eigenvalue weighted by Gasteiger charge is 2.54. The number of nitrogens with one attached hydrogen (secondary N) is 1. The molecule has 232 valence electrons. The molecule has 17 heteroatoms. The van der Waals surface area contributed by atoms with Crippen LogP contribution in [0.3, 0.4) is 0 Å². The topological polar surface area (TPSA) is 182 Å². The van der Waals surface area contributed by atoms with Crippen LogP contribution in [0.2, 0.25) is 0 Å². The molecule has 3 aromatic heterocycles. The number of carbonyl (C=O) groups excluding carboxylic acids is 3. The van der Waals surface area contributed by atoms with E-state index in [0.29, 0.717) is 17.1 Å². The number of carbonyl (C=O) groups is 4. The number of aliphatic carboxylic acids is 1. The lowest BCUT2D eigenvalue weighted by Gasteiger charge is -2.49. The molecular formula is C27H30N7O7S3+. The van der Waals surface area contributed by atoms with Crippen LogP contribution in [-0.4, -0.2) is 78.9 Å². The van der Waals surface area contributed by atoms with Gasteiger partial charge < -0.3 is 25.7 Å². The van der Waals surface area contributed by atoms with Crippen molar-refractivity contribution >= 4 is 75.1 Å². The number of hydrogen-bond donors (Lipinski definition) is 3. The average molecular weight is 661 g/mol. The lowest BCUT2D eigenvalue weighted by molar-refractivity contribution is -0.703. The molecule has 0 radical (unpaired) electrons. The summed E-state index contributed by atoms with van der Waals surface area (Å²) in [4.78, 5) is 60.8. The molecule has 0 spiro atoms. The van der Waals surface area contributed by atoms with Gasteiger partial charge in [-0.05, 0) is 38.5 Å². The third-order valence-corrected chi connectivity index (χ3v) is 9.83. The molecule has 0 unspecified atom stereocenters. The number of imidazole rings is 1. The molecule has 0 aromatic carbocycles. The zero-order valence-electron chi connectivity index (χ0n) is 24.2. The van der Waals surface area contributed by atoms with E-state index in [1.165, 1.54) is 35.5 Å². The zero-order valence-corrected chi connectivity index (χ0v) is 26.6. The first-order valence-electron chi connectivity index (χ1n) is 13.2. The summed E-state index contributed by atoms with van der Waals surface area (Å²) in [5.74, 6) is -2.10. The lowest BCUT2D eigenvalue weighted by atomic mass is 9.98. The molecule has 2 atom stereocenters. The van der Waals surface area contributed by atoms with Gasteiger partial charge in [0, 0.05) is 23.0 Å². The van der Waals surface area contributed by atoms with Crippen LogP contribution in [0.5, 0.6) is 0 Å². The van der Waals surface area contributed by atoms with Gasteiger partial charge in [0.15, 0.2) is 15.9 Å². The SMILES string of the molecule is CO/N=C(\C(=O)N[C@@H]1C(=O)N2C(C(=O)O)=C(CSc3cccc4n3cc[n+]4COC(=O)C(C)(C)C)CS[C@H]12)c1csc(N)n1. The van der Waals surface area contributed by atoms with E-state index in [1.807, 2.05) is 28.8 Å². The normalized spacial score (nSPS) is 18.6. The minimum absolute atomic E-state index is 0.0541. The second kappa shape index (κ2) is 12.5. The Hall–Kier alpha value is -4.09. The third kappa shape index (κ3) is 6.11. The van der Waals surface area contributed by atoms with Crippen molar-refractivity contribution in [2.45, 2.75) is 43.9 Å². The van der Waals surface area contributed by atoms with Crippen molar-refractivity contribution in [1.29, 1.82) is 0 Å². The van der Waals surface area contributed by atoms with Crippen LogP contribution in [0.1, 0.15) is 26.5 Å². The number of ether oxygens (including phenoxy) is 1. The fourth-order valence-electron chi connectivity index (χ4n) is 4.53. The van der Waals surface area contributed by atoms with Gasteiger partial charge in [-0.15, -0.1) is 23.1 Å². The predicted octanol–water partition coefficient (Wildman–Crippen LogP) is 1.69. The molecule has 0 saturated carbocycles. The Morgan fingerprint density at radius 1 is 1.32 bits per heavy atom. The molecule has 14 nitrogen and oxygen atoms in total. The summed E-state index contributed by atoms with van der Waals surface area (Å²) in [6, 6.07) is 4.70. The summed E-state index contributed by atoms with van der Waals surface area (Å²) in [5.41, 5.74) is 6.39. The summed E-state index contributed by atoms with van der Waals surface area (Å²) in [5, 5.41) is 18.5. The Balaban J connectivity index is 1.29. The van der Waals surface area contributed by atoms with Crippen molar-refractivity contribution in [3.05, 3.63) is 52.9 Å². The average Bonchev–Trinajstić information content (AvgIpc) is 3.61. The van der Waals surface area contributed by atoms with Gasteiger partial charge in [0.2, 0.25) is 6.73 Å². The van der Waals surface area contributed by atoms with E-state index in [-0.39, 0.29) is 34.9 Å². The van der Waals surface area contributed by atoms with Crippen LogP contribution in [0.4, 0.5) is 5.13 Å². The quantitative estimate of drug-likeness (QED) is 0.0719. The minimum Gasteiger partial charge on any atom is -0.477 e. The van der Waals surface area contributed by atoms with Crippen molar-refractivity contribution in [3.8, 4) is 0 Å². The number of hydrogen-bond acceptors (Lipinski definition) is 12. The van der Waals surface area contributed by atoms with Crippen molar-refractivity contribution in [2.75, 3.05) is 24.3 Å². The maximum absolute atomic E-state index is 13.2. The first-order chi connectivity index (χ1) is 20.9. The van der Waals surface area contributed by atoms with Gasteiger partial charge in [0.25, 0.3) is 17.5 Å². The smallest absolute Gasteiger partial charge is 0.352 e. The molecule has 4 N–H and O–H groups in total. The third-order valence-electron chi connectivity index (χ3n) is 6.70. The van der Waals surface area contributed by atoms with E-state index < -0.39 is 34.6 Å². The van der Waals surface area contributed by atoms with Crippen LogP contribution in [0.25, 0.3) is 5.65 Å². The van der Waals surface area contributed by atoms with E-state index in [1.54, 1.807) is 36.9 Å². The predicted molar refractivity (Wildman–Crippen MR) is 164 cm³/mol. The molecule has 3 aromatic rings. The van der Waals surface area contributed by atoms with Gasteiger partial charge in [-0.3, -0.25) is 19.3 Å². The Bertz CT molecular complexity index is 1710. The molecular weight excluding hydrogens is 631 g/mol. The summed E-state index contributed by atoms with van der Waals surface area (Å²) in [6.45, 7) is 5.42. The second-order valence-corrected chi connectivity index (χ2v) is 13.8. The van der Waals surface area contributed by atoms with Crippen molar-refractivity contribution < 1.29 is 38.4 Å². The number of pyridine rings is 1. The fourth-order valence-corrected chi connectivity index (χ4v) is 7.58. The van der Waals surface area contributed by atoms with Crippen molar-refractivity contribution in [2.24, 2.45) is 10.6 Å². The largest absolute Gasteiger partial charge is 0.477 e. The highest BCUT2D eigenvalue weighted by molar-refractivity contribution is 8.01. The first-order valence-corrected chi connectivity index (χ1v) is 16.1. The summed E-state index contributed by atoms with van der Waals surface area (Å²) in [7, 11) is 1.28. The number of thioether (sulfide) groups is 2. The van der Waals surface area contributed by atoms with E-state index in [9.17, 15) is 24.3 Å². The maximum Gasteiger partial charge on any atom is 0.352 e. The van der Waals surface area contributed by atoms with E-state index >= 15 is 0 Å². The number of thiazole rings is 1. The van der Waals surface area contributed by atoms with Gasteiger partial charge in [-0.1, -0.05) is 16.9 Å². The van der Waals surface area contributed by atoms with Crippen LogP contribution >= 0.6 is 34.9 Å². The van der Waals surface area contributed by atoms with Crippen molar-refractivity contribution in [1.82, 2.24) is 19.6 Å². The highest BCUT2D eigenvalue weighted by Crippen LogP contribution is 2.41. The Labute approximate surface area is 264 Å². The number of carboxylic acid groups (broad SMARTS) is 1. The number of nitrogens with two attached hydrogens (primary N) is 1. The van der Waals surface area contributed by atoms with Crippen LogP contribution in [-0.2, 0) is 35.5 Å². The first kappa shape index (κ1) is 31.3. The fraction of sp³-hybridized carbons (Fsp3) is 0.370. The minimum atomic E-state index is -1.22. The summed E-state index contributed by atoms with van der Waals surface area (Å²) < 4.78 is 9.18. The molecule has 0 bridgehead atoms. The molecule has 44 heavy (non-hydrogen) atoms. The number of carboxylic acids is 1. The standard InChI is InChI=1S/C27H29N7O7S3/c1-27(2,3)25(39)41-13-32-8-9-33-16(32)6-5-7-17(33)42-10-14-11-43-23-19(22(36)34(23)20(14)24(37)38)30-21(35)18(31-40-4)15-12-44-26(28)29-15/h5-9,12,19,23H,10-11,13H2,1-4H3,(H3-,28,29,30,35,37,38)/p+1/b31-18-/t19-,23-/m1/s1. The van der Waals surface area contributed by atoms with E-state index in [2.05, 4.69) is 15.5 Å². The molecule has 1 saturated heterocycles. The van der Waals surface area contributed by atoms with Crippen LogP contribution in [0, 0.1) is 5.41 Å². The Kier molecular flexibility index (Phi) is 8.90. The molecule has 2 aliphatic heterocycles. The number of anilines is 1.